The summed E-state index contributed by atoms with van der Waals surface area (Å²) in [6.07, 6.45) is -0.677. The minimum atomic E-state index is -3.73. The predicted octanol–water partition coefficient (Wildman–Crippen LogP) is 3.28. The molecule has 3 rings (SSSR count). The summed E-state index contributed by atoms with van der Waals surface area (Å²) < 4.78 is 59.3. The SMILES string of the molecule is O=C(O)NC(CS(=O)(=O)N1CCC(OCc2cc(F)cc(F)c2)CC1)c1ccccc1. The second-order valence-electron chi connectivity index (χ2n) is 7.38. The van der Waals surface area contributed by atoms with Crippen molar-refractivity contribution in [1.82, 2.24) is 9.62 Å². The van der Waals surface area contributed by atoms with Crippen molar-refractivity contribution in [3.63, 3.8) is 0 Å². The van der Waals surface area contributed by atoms with Crippen molar-refractivity contribution in [2.45, 2.75) is 31.6 Å². The molecule has 0 aromatic heterocycles. The number of nitrogens with one attached hydrogen (secondary N) is 1. The number of ether oxygens (including phenoxy) is 1. The summed E-state index contributed by atoms with van der Waals surface area (Å²) in [6.45, 7) is 0.475. The molecule has 2 N–H and O–H groups in total. The number of nitrogens with zero attached hydrogens (tertiary/aromatic N) is 1. The number of benzene rings is 2. The van der Waals surface area contributed by atoms with Crippen LogP contribution in [0.5, 0.6) is 0 Å². The van der Waals surface area contributed by atoms with Gasteiger partial charge in [-0.05, 0) is 36.1 Å². The van der Waals surface area contributed by atoms with Crippen LogP contribution in [0.4, 0.5) is 13.6 Å². The molecule has 1 atom stereocenters. The van der Waals surface area contributed by atoms with Gasteiger partial charge in [-0.3, -0.25) is 0 Å². The Morgan fingerprint density at radius 1 is 1.13 bits per heavy atom. The average molecular weight is 454 g/mol. The molecule has 0 bridgehead atoms. The van der Waals surface area contributed by atoms with Gasteiger partial charge in [-0.25, -0.2) is 26.3 Å². The lowest BCUT2D eigenvalue weighted by atomic mass is 10.1. The molecule has 0 saturated carbocycles. The summed E-state index contributed by atoms with van der Waals surface area (Å²) in [5, 5.41) is 11.4. The van der Waals surface area contributed by atoms with Gasteiger partial charge in [0.15, 0.2) is 0 Å². The average Bonchev–Trinajstić information content (AvgIpc) is 2.71. The Morgan fingerprint density at radius 2 is 1.74 bits per heavy atom. The molecule has 1 saturated heterocycles. The lowest BCUT2D eigenvalue weighted by Crippen LogP contribution is -2.44. The summed E-state index contributed by atoms with van der Waals surface area (Å²) in [4.78, 5) is 11.1. The highest BCUT2D eigenvalue weighted by atomic mass is 32.2. The van der Waals surface area contributed by atoms with Crippen LogP contribution >= 0.6 is 0 Å². The van der Waals surface area contributed by atoms with Gasteiger partial charge in [0.2, 0.25) is 10.0 Å². The summed E-state index contributed by atoms with van der Waals surface area (Å²) >= 11 is 0. The van der Waals surface area contributed by atoms with Gasteiger partial charge in [0, 0.05) is 19.2 Å². The van der Waals surface area contributed by atoms with E-state index in [-0.39, 0.29) is 25.8 Å². The molecule has 31 heavy (non-hydrogen) atoms. The lowest BCUT2D eigenvalue weighted by Gasteiger charge is -2.32. The van der Waals surface area contributed by atoms with Crippen molar-refractivity contribution in [2.75, 3.05) is 18.8 Å². The standard InChI is InChI=1S/C21H24F2N2O5S/c22-17-10-15(11-18(23)12-17)13-30-19-6-8-25(9-7-19)31(28,29)14-20(24-21(26)27)16-4-2-1-3-5-16/h1-5,10-12,19-20,24H,6-9,13-14H2,(H,26,27). The quantitative estimate of drug-likeness (QED) is 0.638. The van der Waals surface area contributed by atoms with Crippen LogP contribution in [0.1, 0.15) is 30.0 Å². The molecule has 168 valence electrons. The molecule has 0 aliphatic carbocycles. The Morgan fingerprint density at radius 3 is 2.32 bits per heavy atom. The van der Waals surface area contributed by atoms with Gasteiger partial charge in [0.25, 0.3) is 0 Å². The summed E-state index contributed by atoms with van der Waals surface area (Å²) in [5.74, 6) is -1.75. The highest BCUT2D eigenvalue weighted by Gasteiger charge is 2.31. The molecule has 1 unspecified atom stereocenters. The van der Waals surface area contributed by atoms with Crippen LogP contribution in [-0.2, 0) is 21.4 Å². The molecule has 0 radical (unpaired) electrons. The number of piperidine rings is 1. The van der Waals surface area contributed by atoms with Crippen molar-refractivity contribution < 1.29 is 31.8 Å². The zero-order valence-corrected chi connectivity index (χ0v) is 17.5. The number of hydrogen-bond donors (Lipinski definition) is 2. The van der Waals surface area contributed by atoms with Crippen LogP contribution in [0.15, 0.2) is 48.5 Å². The minimum absolute atomic E-state index is 0.0324. The molecule has 10 heteroatoms. The van der Waals surface area contributed by atoms with E-state index in [4.69, 9.17) is 9.84 Å². The summed E-state index contributed by atoms with van der Waals surface area (Å²) in [6, 6.07) is 10.8. The lowest BCUT2D eigenvalue weighted by molar-refractivity contribution is 0.00997. The van der Waals surface area contributed by atoms with Gasteiger partial charge in [-0.1, -0.05) is 30.3 Å². The second kappa shape index (κ2) is 10.2. The maximum atomic E-state index is 13.3. The highest BCUT2D eigenvalue weighted by Crippen LogP contribution is 2.22. The first-order valence-electron chi connectivity index (χ1n) is 9.82. The van der Waals surface area contributed by atoms with Crippen molar-refractivity contribution in [1.29, 1.82) is 0 Å². The van der Waals surface area contributed by atoms with Crippen LogP contribution < -0.4 is 5.32 Å². The Balaban J connectivity index is 1.56. The fraction of sp³-hybridized carbons (Fsp3) is 0.381. The van der Waals surface area contributed by atoms with E-state index in [9.17, 15) is 22.0 Å². The largest absolute Gasteiger partial charge is 0.465 e. The topological polar surface area (TPSA) is 95.9 Å². The summed E-state index contributed by atoms with van der Waals surface area (Å²) in [7, 11) is -3.73. The second-order valence-corrected chi connectivity index (χ2v) is 9.39. The minimum Gasteiger partial charge on any atom is -0.465 e. The van der Waals surface area contributed by atoms with Gasteiger partial charge >= 0.3 is 6.09 Å². The van der Waals surface area contributed by atoms with Crippen LogP contribution in [0, 0.1) is 11.6 Å². The Labute approximate surface area is 179 Å². The van der Waals surface area contributed by atoms with Crippen LogP contribution in [-0.4, -0.2) is 48.9 Å². The molecule has 7 nitrogen and oxygen atoms in total. The van der Waals surface area contributed by atoms with E-state index in [1.807, 2.05) is 0 Å². The van der Waals surface area contributed by atoms with Crippen LogP contribution in [0.2, 0.25) is 0 Å². The third kappa shape index (κ3) is 6.71. The Kier molecular flexibility index (Phi) is 7.58. The van der Waals surface area contributed by atoms with Gasteiger partial charge in [0.1, 0.15) is 11.6 Å². The van der Waals surface area contributed by atoms with E-state index in [2.05, 4.69) is 5.32 Å². The summed E-state index contributed by atoms with van der Waals surface area (Å²) in [5.41, 5.74) is 0.937. The van der Waals surface area contributed by atoms with E-state index in [1.165, 1.54) is 16.4 Å². The van der Waals surface area contributed by atoms with Crippen molar-refractivity contribution in [2.24, 2.45) is 0 Å². The number of hydrogen-bond acceptors (Lipinski definition) is 4. The molecule has 0 spiro atoms. The van der Waals surface area contributed by atoms with Crippen molar-refractivity contribution >= 4 is 16.1 Å². The first kappa shape index (κ1) is 23.1. The molecule has 2 aromatic rings. The van der Waals surface area contributed by atoms with E-state index in [0.29, 0.717) is 24.0 Å². The van der Waals surface area contributed by atoms with Gasteiger partial charge in [-0.15, -0.1) is 0 Å². The number of rotatable bonds is 8. The maximum absolute atomic E-state index is 13.3. The van der Waals surface area contributed by atoms with Crippen molar-refractivity contribution in [3.05, 3.63) is 71.3 Å². The monoisotopic (exact) mass is 454 g/mol. The van der Waals surface area contributed by atoms with Crippen LogP contribution in [0.3, 0.4) is 0 Å². The number of halogens is 2. The van der Waals surface area contributed by atoms with Gasteiger partial charge < -0.3 is 15.2 Å². The third-order valence-corrected chi connectivity index (χ3v) is 6.99. The van der Waals surface area contributed by atoms with Gasteiger partial charge in [-0.2, -0.15) is 0 Å². The molecule has 1 aliphatic rings. The fourth-order valence-corrected chi connectivity index (χ4v) is 5.23. The Hall–Kier alpha value is -2.56. The number of carbonyl (C=O) groups is 1. The van der Waals surface area contributed by atoms with E-state index >= 15 is 0 Å². The molecule has 2 aromatic carbocycles. The fourth-order valence-electron chi connectivity index (χ4n) is 3.56. The van der Waals surface area contributed by atoms with E-state index in [0.717, 1.165) is 6.07 Å². The molecular formula is C21H24F2N2O5S. The Bertz CT molecular complexity index is 976. The molecule has 1 aliphatic heterocycles. The van der Waals surface area contributed by atoms with Gasteiger partial charge in [0.05, 0.1) is 24.5 Å². The number of carboxylic acid groups (broad SMARTS) is 1. The molecule has 1 amide bonds. The smallest absolute Gasteiger partial charge is 0.405 e. The molecule has 1 heterocycles. The number of sulfonamides is 1. The maximum Gasteiger partial charge on any atom is 0.405 e. The predicted molar refractivity (Wildman–Crippen MR) is 110 cm³/mol. The first-order chi connectivity index (χ1) is 14.7. The normalized spacial score (nSPS) is 16.7. The third-order valence-electron chi connectivity index (χ3n) is 5.08. The van der Waals surface area contributed by atoms with Crippen molar-refractivity contribution in [3.8, 4) is 0 Å². The zero-order valence-electron chi connectivity index (χ0n) is 16.7. The van der Waals surface area contributed by atoms with Crippen LogP contribution in [0.25, 0.3) is 0 Å². The number of amides is 1. The van der Waals surface area contributed by atoms with E-state index < -0.39 is 39.5 Å². The van der Waals surface area contributed by atoms with E-state index in [1.54, 1.807) is 30.3 Å². The first-order valence-corrected chi connectivity index (χ1v) is 11.4. The molecule has 1 fully saturated rings. The zero-order chi connectivity index (χ0) is 22.4. The molecular weight excluding hydrogens is 430 g/mol. The highest BCUT2D eigenvalue weighted by molar-refractivity contribution is 7.89.